The standard InChI is InChI=1S/C11H25N3O2S/c1-9-5-10(2)7-14(6-9)17(15,16)13-8-11(3,4)12/h9-10,13H,5-8,12H2,1-4H3. The molecule has 1 heterocycles. The van der Waals surface area contributed by atoms with Crippen LogP contribution in [0.2, 0.25) is 0 Å². The molecule has 2 unspecified atom stereocenters. The number of piperidine rings is 1. The van der Waals surface area contributed by atoms with Gasteiger partial charge in [0.15, 0.2) is 0 Å². The van der Waals surface area contributed by atoms with Crippen LogP contribution in [0.3, 0.4) is 0 Å². The van der Waals surface area contributed by atoms with Gasteiger partial charge in [-0.25, -0.2) is 4.72 Å². The molecule has 1 saturated heterocycles. The minimum Gasteiger partial charge on any atom is -0.324 e. The van der Waals surface area contributed by atoms with Gasteiger partial charge in [-0.3, -0.25) is 0 Å². The predicted molar refractivity (Wildman–Crippen MR) is 69.7 cm³/mol. The van der Waals surface area contributed by atoms with Gasteiger partial charge >= 0.3 is 0 Å². The molecule has 0 radical (unpaired) electrons. The van der Waals surface area contributed by atoms with Gasteiger partial charge in [0.25, 0.3) is 10.2 Å². The first-order valence-corrected chi connectivity index (χ1v) is 7.58. The fraction of sp³-hybridized carbons (Fsp3) is 1.00. The third-order valence-corrected chi connectivity index (χ3v) is 4.37. The van der Waals surface area contributed by atoms with E-state index in [0.29, 0.717) is 24.9 Å². The largest absolute Gasteiger partial charge is 0.324 e. The Morgan fingerprint density at radius 3 is 2.18 bits per heavy atom. The highest BCUT2D eigenvalue weighted by Gasteiger charge is 2.30. The number of nitrogens with two attached hydrogens (primary N) is 1. The van der Waals surface area contributed by atoms with E-state index in [9.17, 15) is 8.42 Å². The second kappa shape index (κ2) is 5.22. The van der Waals surface area contributed by atoms with E-state index in [1.807, 2.05) is 0 Å². The van der Waals surface area contributed by atoms with E-state index in [1.165, 1.54) is 4.31 Å². The van der Waals surface area contributed by atoms with Gasteiger partial charge in [-0.05, 0) is 32.1 Å². The Bertz CT molecular complexity index is 338. The third kappa shape index (κ3) is 4.91. The van der Waals surface area contributed by atoms with Crippen LogP contribution in [0.4, 0.5) is 0 Å². The van der Waals surface area contributed by atoms with Crippen molar-refractivity contribution in [3.8, 4) is 0 Å². The summed E-state index contributed by atoms with van der Waals surface area (Å²) >= 11 is 0. The van der Waals surface area contributed by atoms with E-state index in [0.717, 1.165) is 6.42 Å². The van der Waals surface area contributed by atoms with Crippen molar-refractivity contribution in [3.05, 3.63) is 0 Å². The molecule has 5 nitrogen and oxygen atoms in total. The third-order valence-electron chi connectivity index (χ3n) is 2.89. The molecule has 0 aliphatic carbocycles. The molecule has 0 aromatic rings. The lowest BCUT2D eigenvalue weighted by Crippen LogP contribution is -2.52. The Hall–Kier alpha value is -0.170. The van der Waals surface area contributed by atoms with Crippen molar-refractivity contribution in [1.29, 1.82) is 0 Å². The molecule has 102 valence electrons. The monoisotopic (exact) mass is 263 g/mol. The quantitative estimate of drug-likeness (QED) is 0.777. The zero-order valence-electron chi connectivity index (χ0n) is 11.2. The van der Waals surface area contributed by atoms with Crippen LogP contribution >= 0.6 is 0 Å². The van der Waals surface area contributed by atoms with Gasteiger partial charge in [-0.1, -0.05) is 13.8 Å². The number of hydrogen-bond donors (Lipinski definition) is 2. The van der Waals surface area contributed by atoms with Crippen molar-refractivity contribution in [2.45, 2.75) is 39.7 Å². The number of nitrogens with zero attached hydrogens (tertiary/aromatic N) is 1. The van der Waals surface area contributed by atoms with E-state index in [-0.39, 0.29) is 6.54 Å². The molecule has 0 spiro atoms. The van der Waals surface area contributed by atoms with Crippen molar-refractivity contribution < 1.29 is 8.42 Å². The van der Waals surface area contributed by atoms with Crippen LogP contribution in [-0.2, 0) is 10.2 Å². The highest BCUT2D eigenvalue weighted by molar-refractivity contribution is 7.87. The van der Waals surface area contributed by atoms with Gasteiger partial charge < -0.3 is 5.73 Å². The van der Waals surface area contributed by atoms with Gasteiger partial charge in [0.05, 0.1) is 0 Å². The minimum absolute atomic E-state index is 0.259. The first-order valence-electron chi connectivity index (χ1n) is 6.14. The molecule has 0 saturated carbocycles. The van der Waals surface area contributed by atoms with Gasteiger partial charge in [0, 0.05) is 25.2 Å². The molecule has 0 aromatic heterocycles. The van der Waals surface area contributed by atoms with Crippen LogP contribution in [0.1, 0.15) is 34.1 Å². The SMILES string of the molecule is CC1CC(C)CN(S(=O)(=O)NCC(C)(C)N)C1. The molecule has 3 N–H and O–H groups in total. The highest BCUT2D eigenvalue weighted by Crippen LogP contribution is 2.22. The Morgan fingerprint density at radius 2 is 1.76 bits per heavy atom. The fourth-order valence-electron chi connectivity index (χ4n) is 2.17. The first-order chi connectivity index (χ1) is 7.60. The lowest BCUT2D eigenvalue weighted by Gasteiger charge is -2.34. The molecule has 2 atom stereocenters. The predicted octanol–water partition coefficient (Wildman–Crippen LogP) is 0.536. The molecule has 0 amide bonds. The van der Waals surface area contributed by atoms with E-state index in [1.54, 1.807) is 13.8 Å². The smallest absolute Gasteiger partial charge is 0.279 e. The zero-order chi connectivity index (χ0) is 13.3. The average molecular weight is 263 g/mol. The minimum atomic E-state index is -3.38. The van der Waals surface area contributed by atoms with Crippen LogP contribution in [0.5, 0.6) is 0 Å². The molecule has 1 aliphatic rings. The number of rotatable bonds is 4. The topological polar surface area (TPSA) is 75.4 Å². The second-order valence-electron chi connectivity index (χ2n) is 6.08. The lowest BCUT2D eigenvalue weighted by molar-refractivity contribution is 0.220. The first kappa shape index (κ1) is 14.9. The van der Waals surface area contributed by atoms with E-state index < -0.39 is 15.7 Å². The molecule has 1 aliphatic heterocycles. The van der Waals surface area contributed by atoms with Crippen LogP contribution < -0.4 is 10.5 Å². The van der Waals surface area contributed by atoms with Gasteiger partial charge in [0.1, 0.15) is 0 Å². The van der Waals surface area contributed by atoms with Crippen molar-refractivity contribution in [2.24, 2.45) is 17.6 Å². The molecule has 1 fully saturated rings. The molecule has 0 aromatic carbocycles. The van der Waals surface area contributed by atoms with Gasteiger partial charge in [-0.15, -0.1) is 0 Å². The van der Waals surface area contributed by atoms with Crippen LogP contribution in [0.25, 0.3) is 0 Å². The summed E-state index contributed by atoms with van der Waals surface area (Å²) in [5.74, 6) is 0.836. The average Bonchev–Trinajstić information content (AvgIpc) is 2.12. The lowest BCUT2D eigenvalue weighted by atomic mass is 9.94. The van der Waals surface area contributed by atoms with Gasteiger partial charge in [-0.2, -0.15) is 12.7 Å². The Labute approximate surface area is 105 Å². The summed E-state index contributed by atoms with van der Waals surface area (Å²) in [5, 5.41) is 0. The highest BCUT2D eigenvalue weighted by atomic mass is 32.2. The maximum absolute atomic E-state index is 12.1. The molecular weight excluding hydrogens is 238 g/mol. The Morgan fingerprint density at radius 1 is 1.29 bits per heavy atom. The number of nitrogens with one attached hydrogen (secondary N) is 1. The summed E-state index contributed by atoms with van der Waals surface area (Å²) in [6.07, 6.45) is 1.09. The molecule has 6 heteroatoms. The van der Waals surface area contributed by atoms with Crippen molar-refractivity contribution in [1.82, 2.24) is 9.03 Å². The van der Waals surface area contributed by atoms with E-state index in [2.05, 4.69) is 18.6 Å². The van der Waals surface area contributed by atoms with E-state index >= 15 is 0 Å². The summed E-state index contributed by atoms with van der Waals surface area (Å²) in [6, 6.07) is 0. The van der Waals surface area contributed by atoms with Gasteiger partial charge in [0.2, 0.25) is 0 Å². The maximum Gasteiger partial charge on any atom is 0.279 e. The molecule has 0 bridgehead atoms. The molecule has 17 heavy (non-hydrogen) atoms. The van der Waals surface area contributed by atoms with Crippen LogP contribution in [0.15, 0.2) is 0 Å². The zero-order valence-corrected chi connectivity index (χ0v) is 12.0. The Balaban J connectivity index is 2.63. The van der Waals surface area contributed by atoms with Crippen molar-refractivity contribution in [2.75, 3.05) is 19.6 Å². The molecule has 1 rings (SSSR count). The summed E-state index contributed by atoms with van der Waals surface area (Å²) in [7, 11) is -3.38. The summed E-state index contributed by atoms with van der Waals surface area (Å²) < 4.78 is 28.3. The summed E-state index contributed by atoms with van der Waals surface area (Å²) in [6.45, 7) is 9.24. The summed E-state index contributed by atoms with van der Waals surface area (Å²) in [4.78, 5) is 0. The van der Waals surface area contributed by atoms with Crippen LogP contribution in [-0.4, -0.2) is 37.9 Å². The van der Waals surface area contributed by atoms with Crippen LogP contribution in [0, 0.1) is 11.8 Å². The summed E-state index contributed by atoms with van der Waals surface area (Å²) in [5.41, 5.74) is 5.25. The maximum atomic E-state index is 12.1. The number of hydrogen-bond acceptors (Lipinski definition) is 3. The fourth-order valence-corrected chi connectivity index (χ4v) is 3.81. The van der Waals surface area contributed by atoms with E-state index in [4.69, 9.17) is 5.73 Å². The molecular formula is C11H25N3O2S. The Kier molecular flexibility index (Phi) is 4.57. The second-order valence-corrected chi connectivity index (χ2v) is 7.83. The van der Waals surface area contributed by atoms with Crippen molar-refractivity contribution in [3.63, 3.8) is 0 Å². The normalized spacial score (nSPS) is 28.3. The van der Waals surface area contributed by atoms with Crippen molar-refractivity contribution >= 4 is 10.2 Å².